The lowest BCUT2D eigenvalue weighted by Gasteiger charge is -2.28. The summed E-state index contributed by atoms with van der Waals surface area (Å²) in [6.45, 7) is 2.12. The summed E-state index contributed by atoms with van der Waals surface area (Å²) in [5, 5.41) is 21.1. The standard InChI is InChI=1S/C16H20N6O4/c1-9(12-7-10-2-3-11(12)6-10)17-15(23)16-18-13(20-26-16)8-21-5-4-14(19-21)22(24)25/h4-5,9-12H,2-3,6-8H2,1H3,(H,17,23). The van der Waals surface area contributed by atoms with Crippen LogP contribution in [0.2, 0.25) is 0 Å². The van der Waals surface area contributed by atoms with Crippen LogP contribution in [0, 0.1) is 27.9 Å². The molecule has 2 aromatic rings. The monoisotopic (exact) mass is 360 g/mol. The smallest absolute Gasteiger partial charge is 0.358 e. The fourth-order valence-electron chi connectivity index (χ4n) is 4.37. The maximum atomic E-state index is 12.4. The predicted molar refractivity (Wildman–Crippen MR) is 88.1 cm³/mol. The maximum absolute atomic E-state index is 12.4. The SMILES string of the molecule is CC(NC(=O)c1nc(Cn2ccc([N+](=O)[O-])n2)no1)C1CC2CCC1C2. The summed E-state index contributed by atoms with van der Waals surface area (Å²) in [6.07, 6.45) is 6.49. The molecule has 2 aliphatic rings. The van der Waals surface area contributed by atoms with Gasteiger partial charge in [0.15, 0.2) is 5.82 Å². The van der Waals surface area contributed by atoms with Gasteiger partial charge in [-0.25, -0.2) is 0 Å². The summed E-state index contributed by atoms with van der Waals surface area (Å²) in [7, 11) is 0. The van der Waals surface area contributed by atoms with E-state index in [1.807, 2.05) is 6.92 Å². The number of fused-ring (bicyclic) bond motifs is 2. The molecule has 2 aromatic heterocycles. The van der Waals surface area contributed by atoms with Gasteiger partial charge in [-0.15, -0.1) is 0 Å². The minimum atomic E-state index is -0.581. The van der Waals surface area contributed by atoms with Gasteiger partial charge in [-0.3, -0.25) is 4.79 Å². The maximum Gasteiger partial charge on any atom is 0.389 e. The third kappa shape index (κ3) is 3.18. The molecule has 4 rings (SSSR count). The molecule has 10 nitrogen and oxygen atoms in total. The van der Waals surface area contributed by atoms with Crippen LogP contribution in [0.3, 0.4) is 0 Å². The third-order valence-corrected chi connectivity index (χ3v) is 5.57. The number of hydrogen-bond donors (Lipinski definition) is 1. The summed E-state index contributed by atoms with van der Waals surface area (Å²) >= 11 is 0. The van der Waals surface area contributed by atoms with Gasteiger partial charge in [0.2, 0.25) is 0 Å². The highest BCUT2D eigenvalue weighted by Crippen LogP contribution is 2.49. The van der Waals surface area contributed by atoms with Crippen LogP contribution in [0.5, 0.6) is 0 Å². The molecule has 1 amide bonds. The quantitative estimate of drug-likeness (QED) is 0.614. The van der Waals surface area contributed by atoms with Crippen molar-refractivity contribution in [2.24, 2.45) is 17.8 Å². The Balaban J connectivity index is 1.36. The summed E-state index contributed by atoms with van der Waals surface area (Å²) in [6, 6.07) is 1.35. The molecular formula is C16H20N6O4. The van der Waals surface area contributed by atoms with E-state index in [2.05, 4.69) is 20.6 Å². The van der Waals surface area contributed by atoms with Crippen LogP contribution in [-0.2, 0) is 6.54 Å². The van der Waals surface area contributed by atoms with E-state index in [-0.39, 0.29) is 36.0 Å². The molecule has 4 unspecified atom stereocenters. The number of nitrogens with zero attached hydrogens (tertiary/aromatic N) is 5. The molecule has 0 aromatic carbocycles. The minimum absolute atomic E-state index is 0.0712. The normalized spacial score (nSPS) is 25.3. The van der Waals surface area contributed by atoms with Crippen molar-refractivity contribution in [2.75, 3.05) is 0 Å². The zero-order valence-corrected chi connectivity index (χ0v) is 14.4. The van der Waals surface area contributed by atoms with Crippen LogP contribution >= 0.6 is 0 Å². The summed E-state index contributed by atoms with van der Waals surface area (Å²) < 4.78 is 6.35. The molecule has 2 heterocycles. The number of carbonyl (C=O) groups is 1. The number of nitro groups is 1. The van der Waals surface area contributed by atoms with Crippen molar-refractivity contribution in [2.45, 2.75) is 45.2 Å². The van der Waals surface area contributed by atoms with Crippen molar-refractivity contribution in [1.82, 2.24) is 25.2 Å². The molecule has 2 bridgehead atoms. The van der Waals surface area contributed by atoms with Crippen LogP contribution in [0.4, 0.5) is 5.82 Å². The molecule has 4 atom stereocenters. The van der Waals surface area contributed by atoms with Gasteiger partial charge in [-0.1, -0.05) is 11.6 Å². The molecule has 2 saturated carbocycles. The Morgan fingerprint density at radius 1 is 1.50 bits per heavy atom. The number of carbonyl (C=O) groups excluding carboxylic acids is 1. The number of nitrogens with one attached hydrogen (secondary N) is 1. The zero-order chi connectivity index (χ0) is 18.3. The number of hydrogen-bond acceptors (Lipinski definition) is 7. The average molecular weight is 360 g/mol. The van der Waals surface area contributed by atoms with Crippen molar-refractivity contribution in [3.05, 3.63) is 34.1 Å². The lowest BCUT2D eigenvalue weighted by Crippen LogP contribution is -2.40. The lowest BCUT2D eigenvalue weighted by atomic mass is 9.84. The molecule has 0 saturated heterocycles. The van der Waals surface area contributed by atoms with Crippen molar-refractivity contribution in [3.63, 3.8) is 0 Å². The van der Waals surface area contributed by atoms with Gasteiger partial charge in [-0.2, -0.15) is 9.67 Å². The largest absolute Gasteiger partial charge is 0.389 e. The molecule has 0 aliphatic heterocycles. The topological polar surface area (TPSA) is 129 Å². The number of aromatic nitrogens is 4. The van der Waals surface area contributed by atoms with Crippen molar-refractivity contribution >= 4 is 11.7 Å². The summed E-state index contributed by atoms with van der Waals surface area (Å²) in [5.74, 6) is 1.54. The van der Waals surface area contributed by atoms with Gasteiger partial charge >= 0.3 is 17.6 Å². The van der Waals surface area contributed by atoms with Crippen LogP contribution < -0.4 is 5.32 Å². The second-order valence-corrected chi connectivity index (χ2v) is 7.25. The van der Waals surface area contributed by atoms with Crippen molar-refractivity contribution in [3.8, 4) is 0 Å². The Morgan fingerprint density at radius 2 is 2.35 bits per heavy atom. The fraction of sp³-hybridized carbons (Fsp3) is 0.625. The Morgan fingerprint density at radius 3 is 3.00 bits per heavy atom. The molecule has 0 spiro atoms. The van der Waals surface area contributed by atoms with Crippen molar-refractivity contribution < 1.29 is 14.2 Å². The first-order chi connectivity index (χ1) is 12.5. The molecule has 10 heteroatoms. The van der Waals surface area contributed by atoms with E-state index in [1.54, 1.807) is 0 Å². The van der Waals surface area contributed by atoms with E-state index < -0.39 is 4.92 Å². The lowest BCUT2D eigenvalue weighted by molar-refractivity contribution is -0.389. The highest BCUT2D eigenvalue weighted by atomic mass is 16.6. The number of amides is 1. The molecular weight excluding hydrogens is 340 g/mol. The highest BCUT2D eigenvalue weighted by molar-refractivity contribution is 5.89. The van der Waals surface area contributed by atoms with E-state index in [9.17, 15) is 14.9 Å². The fourth-order valence-corrected chi connectivity index (χ4v) is 4.37. The Labute approximate surface area is 149 Å². The highest BCUT2D eigenvalue weighted by Gasteiger charge is 2.42. The summed E-state index contributed by atoms with van der Waals surface area (Å²) in [5.41, 5.74) is 0. The van der Waals surface area contributed by atoms with E-state index in [4.69, 9.17) is 4.52 Å². The zero-order valence-electron chi connectivity index (χ0n) is 14.4. The van der Waals surface area contributed by atoms with Crippen molar-refractivity contribution in [1.29, 1.82) is 0 Å². The molecule has 0 radical (unpaired) electrons. The third-order valence-electron chi connectivity index (χ3n) is 5.57. The first-order valence-corrected chi connectivity index (χ1v) is 8.81. The molecule has 138 valence electrons. The van der Waals surface area contributed by atoms with E-state index in [0.717, 1.165) is 5.92 Å². The van der Waals surface area contributed by atoms with Gasteiger partial charge in [0.05, 0.1) is 17.4 Å². The molecule has 2 fully saturated rings. The van der Waals surface area contributed by atoms with Gasteiger partial charge in [0, 0.05) is 6.04 Å². The van der Waals surface area contributed by atoms with Gasteiger partial charge in [0.25, 0.3) is 0 Å². The van der Waals surface area contributed by atoms with Gasteiger partial charge in [-0.05, 0) is 48.9 Å². The Kier molecular flexibility index (Phi) is 4.17. The Hall–Kier alpha value is -2.78. The summed E-state index contributed by atoms with van der Waals surface area (Å²) in [4.78, 5) is 26.5. The second-order valence-electron chi connectivity index (χ2n) is 7.25. The number of rotatable bonds is 6. The average Bonchev–Trinajstić information content (AvgIpc) is 3.39. The predicted octanol–water partition coefficient (Wildman–Crippen LogP) is 1.78. The van der Waals surface area contributed by atoms with E-state index in [1.165, 1.54) is 42.6 Å². The first-order valence-electron chi connectivity index (χ1n) is 8.81. The van der Waals surface area contributed by atoms with Crippen LogP contribution in [0.25, 0.3) is 0 Å². The van der Waals surface area contributed by atoms with Crippen LogP contribution in [0.1, 0.15) is 49.1 Å². The van der Waals surface area contributed by atoms with E-state index >= 15 is 0 Å². The molecule has 2 aliphatic carbocycles. The molecule has 1 N–H and O–H groups in total. The first kappa shape index (κ1) is 16.7. The molecule has 26 heavy (non-hydrogen) atoms. The minimum Gasteiger partial charge on any atom is -0.358 e. The van der Waals surface area contributed by atoms with Gasteiger partial charge in [0.1, 0.15) is 6.54 Å². The van der Waals surface area contributed by atoms with E-state index in [0.29, 0.717) is 11.8 Å². The Bertz CT molecular complexity index is 830. The second kappa shape index (κ2) is 6.50. The van der Waals surface area contributed by atoms with Gasteiger partial charge < -0.3 is 20.0 Å². The van der Waals surface area contributed by atoms with Crippen LogP contribution in [0.15, 0.2) is 16.8 Å². The van der Waals surface area contributed by atoms with Crippen LogP contribution in [-0.4, -0.2) is 36.8 Å².